The molecule has 0 radical (unpaired) electrons. The predicted octanol–water partition coefficient (Wildman–Crippen LogP) is -1.37. The van der Waals surface area contributed by atoms with Crippen LogP contribution in [-0.2, 0) is 9.53 Å². The van der Waals surface area contributed by atoms with Crippen LogP contribution >= 0.6 is 11.8 Å². The van der Waals surface area contributed by atoms with Crippen LogP contribution in [0.4, 0.5) is 0 Å². The van der Waals surface area contributed by atoms with Crippen LogP contribution in [0.3, 0.4) is 0 Å². The average molecular weight is 296 g/mol. The summed E-state index contributed by atoms with van der Waals surface area (Å²) in [5.74, 6) is -3.46. The first-order valence-corrected chi connectivity index (χ1v) is 6.99. The maximum absolute atomic E-state index is 11.0. The highest BCUT2D eigenvalue weighted by Crippen LogP contribution is 2.31. The molecule has 1 saturated heterocycles. The molecule has 1 rings (SSSR count). The van der Waals surface area contributed by atoms with E-state index in [1.54, 1.807) is 13.8 Å². The zero-order chi connectivity index (χ0) is 14.8. The lowest BCUT2D eigenvalue weighted by Crippen LogP contribution is -2.62. The first kappa shape index (κ1) is 16.7. The monoisotopic (exact) mass is 296 g/mol. The molecular formula is C11H20O7S. The van der Waals surface area contributed by atoms with Gasteiger partial charge in [-0.1, -0.05) is 13.8 Å². The Morgan fingerprint density at radius 1 is 1.42 bits per heavy atom. The Balaban J connectivity index is 2.67. The minimum atomic E-state index is -2.06. The highest BCUT2D eigenvalue weighted by atomic mass is 32.2. The molecule has 0 aromatic heterocycles. The standard InChI is InChI=1S/C11H20O7S/c1-5(2)8(10(15)16)19-4-11(17)9(14)7(13)6(12)3-18-11/h5-9,12-14,17H,3-4H2,1-2H3,(H,15,16). The second-order valence-electron chi connectivity index (χ2n) is 4.97. The highest BCUT2D eigenvalue weighted by Gasteiger charge is 2.48. The molecule has 0 aliphatic carbocycles. The highest BCUT2D eigenvalue weighted by molar-refractivity contribution is 8.00. The molecule has 7 nitrogen and oxygen atoms in total. The summed E-state index contributed by atoms with van der Waals surface area (Å²) >= 11 is 0.923. The van der Waals surface area contributed by atoms with E-state index in [2.05, 4.69) is 0 Å². The van der Waals surface area contributed by atoms with Gasteiger partial charge in [0, 0.05) is 0 Å². The Labute approximate surface area is 115 Å². The summed E-state index contributed by atoms with van der Waals surface area (Å²) in [5, 5.41) is 46.8. The summed E-state index contributed by atoms with van der Waals surface area (Å²) < 4.78 is 4.95. The number of carbonyl (C=O) groups is 1. The van der Waals surface area contributed by atoms with Gasteiger partial charge < -0.3 is 30.3 Å². The number of hydrogen-bond donors (Lipinski definition) is 5. The number of aliphatic carboxylic acids is 1. The molecule has 5 atom stereocenters. The van der Waals surface area contributed by atoms with Crippen molar-refractivity contribution in [1.82, 2.24) is 0 Å². The fraction of sp³-hybridized carbons (Fsp3) is 0.909. The van der Waals surface area contributed by atoms with Crippen molar-refractivity contribution in [3.8, 4) is 0 Å². The van der Waals surface area contributed by atoms with Crippen LogP contribution in [0.5, 0.6) is 0 Å². The predicted molar refractivity (Wildman–Crippen MR) is 67.6 cm³/mol. The molecule has 8 heteroatoms. The van der Waals surface area contributed by atoms with Crippen molar-refractivity contribution in [2.24, 2.45) is 5.92 Å². The fourth-order valence-electron chi connectivity index (χ4n) is 1.78. The molecule has 0 spiro atoms. The van der Waals surface area contributed by atoms with Crippen LogP contribution < -0.4 is 0 Å². The third-order valence-electron chi connectivity index (χ3n) is 3.00. The molecule has 5 N–H and O–H groups in total. The summed E-state index contributed by atoms with van der Waals surface area (Å²) in [7, 11) is 0. The molecule has 19 heavy (non-hydrogen) atoms. The zero-order valence-electron chi connectivity index (χ0n) is 10.8. The van der Waals surface area contributed by atoms with Crippen LogP contribution in [0.2, 0.25) is 0 Å². The topological polar surface area (TPSA) is 127 Å². The Morgan fingerprint density at radius 3 is 2.47 bits per heavy atom. The first-order valence-electron chi connectivity index (χ1n) is 5.94. The molecule has 0 saturated carbocycles. The summed E-state index contributed by atoms with van der Waals surface area (Å²) in [4.78, 5) is 11.0. The molecule has 1 heterocycles. The number of hydrogen-bond acceptors (Lipinski definition) is 7. The van der Waals surface area contributed by atoms with Gasteiger partial charge in [-0.05, 0) is 5.92 Å². The van der Waals surface area contributed by atoms with Crippen molar-refractivity contribution < 1.29 is 35.1 Å². The summed E-state index contributed by atoms with van der Waals surface area (Å²) in [6, 6.07) is 0. The van der Waals surface area contributed by atoms with Gasteiger partial charge in [0.2, 0.25) is 5.79 Å². The van der Waals surface area contributed by atoms with E-state index in [1.807, 2.05) is 0 Å². The normalized spacial score (nSPS) is 37.3. The van der Waals surface area contributed by atoms with E-state index in [1.165, 1.54) is 0 Å². The van der Waals surface area contributed by atoms with E-state index >= 15 is 0 Å². The van der Waals surface area contributed by atoms with Crippen LogP contribution in [0.25, 0.3) is 0 Å². The number of thioether (sulfide) groups is 1. The Hall–Kier alpha value is -0.380. The van der Waals surface area contributed by atoms with E-state index in [4.69, 9.17) is 9.84 Å². The minimum absolute atomic E-state index is 0.164. The summed E-state index contributed by atoms with van der Waals surface area (Å²) in [5.41, 5.74) is 0. The first-order chi connectivity index (χ1) is 8.69. The molecule has 1 fully saturated rings. The Bertz CT molecular complexity index is 324. The van der Waals surface area contributed by atoms with Gasteiger partial charge in [-0.2, -0.15) is 0 Å². The zero-order valence-corrected chi connectivity index (χ0v) is 11.6. The maximum atomic E-state index is 11.0. The van der Waals surface area contributed by atoms with Crippen molar-refractivity contribution in [2.75, 3.05) is 12.4 Å². The van der Waals surface area contributed by atoms with E-state index < -0.39 is 35.3 Å². The van der Waals surface area contributed by atoms with E-state index in [-0.39, 0.29) is 18.3 Å². The van der Waals surface area contributed by atoms with Gasteiger partial charge in [-0.15, -0.1) is 11.8 Å². The molecule has 0 aromatic carbocycles. The fourth-order valence-corrected chi connectivity index (χ4v) is 2.98. The molecule has 1 aliphatic rings. The summed E-state index contributed by atoms with van der Waals surface area (Å²) in [6.45, 7) is 3.13. The van der Waals surface area contributed by atoms with Gasteiger partial charge in [-0.3, -0.25) is 4.79 Å². The maximum Gasteiger partial charge on any atom is 0.316 e. The van der Waals surface area contributed by atoms with E-state index in [9.17, 15) is 25.2 Å². The smallest absolute Gasteiger partial charge is 0.316 e. The molecular weight excluding hydrogens is 276 g/mol. The SMILES string of the molecule is CC(C)C(SCC1(O)OCC(O)C(O)C1O)C(=O)O. The van der Waals surface area contributed by atoms with Crippen LogP contribution in [0.1, 0.15) is 13.8 Å². The number of carboxylic acids is 1. The lowest BCUT2D eigenvalue weighted by molar-refractivity contribution is -0.309. The number of carboxylic acid groups (broad SMARTS) is 1. The third kappa shape index (κ3) is 3.80. The average Bonchev–Trinajstić information content (AvgIpc) is 2.31. The molecule has 0 amide bonds. The molecule has 0 bridgehead atoms. The quantitative estimate of drug-likeness (QED) is 0.420. The number of aliphatic hydroxyl groups is 4. The van der Waals surface area contributed by atoms with Crippen molar-refractivity contribution >= 4 is 17.7 Å². The summed E-state index contributed by atoms with van der Waals surface area (Å²) in [6.07, 6.45) is -4.49. The van der Waals surface area contributed by atoms with Crippen LogP contribution in [0, 0.1) is 5.92 Å². The third-order valence-corrected chi connectivity index (χ3v) is 4.69. The van der Waals surface area contributed by atoms with Crippen molar-refractivity contribution in [3.63, 3.8) is 0 Å². The Kier molecular flexibility index (Phi) is 5.60. The lowest BCUT2D eigenvalue weighted by atomic mass is 9.98. The van der Waals surface area contributed by atoms with Gasteiger partial charge in [0.15, 0.2) is 0 Å². The lowest BCUT2D eigenvalue weighted by Gasteiger charge is -2.41. The van der Waals surface area contributed by atoms with Gasteiger partial charge in [0.25, 0.3) is 0 Å². The van der Waals surface area contributed by atoms with E-state index in [0.29, 0.717) is 0 Å². The number of ether oxygens (including phenoxy) is 1. The number of aliphatic hydroxyl groups excluding tert-OH is 3. The molecule has 0 aromatic rings. The largest absolute Gasteiger partial charge is 0.480 e. The molecule has 112 valence electrons. The van der Waals surface area contributed by atoms with Gasteiger partial charge in [0.05, 0.1) is 12.4 Å². The Morgan fingerprint density at radius 2 is 2.00 bits per heavy atom. The van der Waals surface area contributed by atoms with Gasteiger partial charge in [-0.25, -0.2) is 0 Å². The van der Waals surface area contributed by atoms with Gasteiger partial charge >= 0.3 is 5.97 Å². The van der Waals surface area contributed by atoms with E-state index in [0.717, 1.165) is 11.8 Å². The molecule has 1 aliphatic heterocycles. The van der Waals surface area contributed by atoms with Gasteiger partial charge in [0.1, 0.15) is 23.6 Å². The van der Waals surface area contributed by atoms with Crippen LogP contribution in [-0.4, -0.2) is 73.2 Å². The van der Waals surface area contributed by atoms with Crippen molar-refractivity contribution in [3.05, 3.63) is 0 Å². The number of rotatable bonds is 5. The second-order valence-corrected chi connectivity index (χ2v) is 6.10. The minimum Gasteiger partial charge on any atom is -0.480 e. The van der Waals surface area contributed by atoms with Crippen molar-refractivity contribution in [2.45, 2.75) is 43.2 Å². The van der Waals surface area contributed by atoms with Crippen LogP contribution in [0.15, 0.2) is 0 Å². The second kappa shape index (κ2) is 6.38. The van der Waals surface area contributed by atoms with Crippen molar-refractivity contribution in [1.29, 1.82) is 0 Å². The molecule has 5 unspecified atom stereocenters.